The van der Waals surface area contributed by atoms with Gasteiger partial charge in [0, 0.05) is 24.0 Å². The van der Waals surface area contributed by atoms with Crippen molar-refractivity contribution in [2.24, 2.45) is 0 Å². The lowest BCUT2D eigenvalue weighted by Gasteiger charge is -2.02. The number of nitrogens with one attached hydrogen (secondary N) is 1. The van der Waals surface area contributed by atoms with Gasteiger partial charge in [-0.2, -0.15) is 0 Å². The maximum Gasteiger partial charge on any atom is 0.115 e. The van der Waals surface area contributed by atoms with Crippen LogP contribution in [0.5, 0.6) is 0 Å². The van der Waals surface area contributed by atoms with Gasteiger partial charge >= 0.3 is 0 Å². The first-order valence-corrected chi connectivity index (χ1v) is 4.64. The highest BCUT2D eigenvalue weighted by molar-refractivity contribution is 7.09. The van der Waals surface area contributed by atoms with Crippen molar-refractivity contribution in [1.29, 1.82) is 0 Å². The van der Waals surface area contributed by atoms with Gasteiger partial charge in [0.2, 0.25) is 0 Å². The van der Waals surface area contributed by atoms with Crippen molar-refractivity contribution in [3.63, 3.8) is 0 Å². The smallest absolute Gasteiger partial charge is 0.115 e. The number of nitrogens with zero attached hydrogens (tertiary/aromatic N) is 2. The molecule has 0 saturated heterocycles. The molecular weight excluding hydrogens is 170 g/mol. The van der Waals surface area contributed by atoms with E-state index < -0.39 is 0 Å². The molecule has 0 bridgehead atoms. The number of aromatic nitrogens is 3. The minimum Gasteiger partial charge on any atom is -0.348 e. The van der Waals surface area contributed by atoms with Crippen LogP contribution in [0.4, 0.5) is 0 Å². The molecule has 2 heterocycles. The summed E-state index contributed by atoms with van der Waals surface area (Å²) >= 11 is 1.66. The standard InChI is InChI=1S/C8H9N3S/c1-6(7-9-2-3-10-7)8-11-4-5-12-8/h2-6H,1H3,(H,9,10). The molecule has 62 valence electrons. The number of hydrogen-bond acceptors (Lipinski definition) is 3. The van der Waals surface area contributed by atoms with E-state index in [1.54, 1.807) is 17.5 Å². The van der Waals surface area contributed by atoms with Gasteiger partial charge < -0.3 is 4.98 Å². The van der Waals surface area contributed by atoms with Crippen LogP contribution in [0.1, 0.15) is 23.7 Å². The third kappa shape index (κ3) is 1.25. The summed E-state index contributed by atoms with van der Waals surface area (Å²) in [5.74, 6) is 1.25. The molecule has 0 spiro atoms. The molecule has 1 unspecified atom stereocenters. The summed E-state index contributed by atoms with van der Waals surface area (Å²) < 4.78 is 0. The van der Waals surface area contributed by atoms with Gasteiger partial charge in [-0.3, -0.25) is 0 Å². The lowest BCUT2D eigenvalue weighted by Crippen LogP contribution is -1.96. The average Bonchev–Trinajstić information content (AvgIpc) is 2.77. The second-order valence-electron chi connectivity index (χ2n) is 2.57. The maximum atomic E-state index is 4.23. The third-order valence-corrected chi connectivity index (χ3v) is 2.71. The molecule has 0 aliphatic heterocycles. The van der Waals surface area contributed by atoms with Crippen molar-refractivity contribution in [3.8, 4) is 0 Å². The summed E-state index contributed by atoms with van der Waals surface area (Å²) in [4.78, 5) is 11.5. The number of hydrogen-bond donors (Lipinski definition) is 1. The van der Waals surface area contributed by atoms with Gasteiger partial charge in [-0.1, -0.05) is 0 Å². The summed E-state index contributed by atoms with van der Waals surface area (Å²) in [5, 5.41) is 3.08. The van der Waals surface area contributed by atoms with Crippen LogP contribution in [0, 0.1) is 0 Å². The molecule has 0 amide bonds. The van der Waals surface area contributed by atoms with Gasteiger partial charge in [0.05, 0.1) is 5.92 Å². The highest BCUT2D eigenvalue weighted by Crippen LogP contribution is 2.22. The Kier molecular flexibility index (Phi) is 1.91. The van der Waals surface area contributed by atoms with E-state index in [1.165, 1.54) is 0 Å². The van der Waals surface area contributed by atoms with E-state index in [2.05, 4.69) is 21.9 Å². The van der Waals surface area contributed by atoms with Crippen LogP contribution in [0.25, 0.3) is 0 Å². The van der Waals surface area contributed by atoms with Crippen LogP contribution in [0.3, 0.4) is 0 Å². The van der Waals surface area contributed by atoms with E-state index >= 15 is 0 Å². The topological polar surface area (TPSA) is 41.6 Å². The van der Waals surface area contributed by atoms with E-state index in [0.29, 0.717) is 0 Å². The zero-order valence-electron chi connectivity index (χ0n) is 6.69. The highest BCUT2D eigenvalue weighted by Gasteiger charge is 2.11. The SMILES string of the molecule is CC(c1ncc[nH]1)c1nccs1. The molecule has 2 rings (SSSR count). The zero-order valence-corrected chi connectivity index (χ0v) is 7.51. The average molecular weight is 179 g/mol. The van der Waals surface area contributed by atoms with Gasteiger partial charge in [0.15, 0.2) is 0 Å². The molecular formula is C8H9N3S. The molecule has 0 radical (unpaired) electrons. The summed E-state index contributed by atoms with van der Waals surface area (Å²) in [5.41, 5.74) is 0. The summed E-state index contributed by atoms with van der Waals surface area (Å²) in [6, 6.07) is 0. The quantitative estimate of drug-likeness (QED) is 0.766. The first kappa shape index (κ1) is 7.49. The van der Waals surface area contributed by atoms with E-state index in [9.17, 15) is 0 Å². The van der Waals surface area contributed by atoms with Gasteiger partial charge in [-0.05, 0) is 6.92 Å². The first-order valence-electron chi connectivity index (χ1n) is 3.76. The fourth-order valence-corrected chi connectivity index (χ4v) is 1.78. The molecule has 0 aromatic carbocycles. The van der Waals surface area contributed by atoms with Crippen LogP contribution < -0.4 is 0 Å². The van der Waals surface area contributed by atoms with Gasteiger partial charge in [0.1, 0.15) is 10.8 Å². The molecule has 1 atom stereocenters. The number of H-pyrrole nitrogens is 1. The minimum absolute atomic E-state index is 0.278. The summed E-state index contributed by atoms with van der Waals surface area (Å²) in [7, 11) is 0. The third-order valence-electron chi connectivity index (χ3n) is 1.75. The molecule has 1 N–H and O–H groups in total. The van der Waals surface area contributed by atoms with Gasteiger partial charge in [-0.15, -0.1) is 11.3 Å². The Bertz CT molecular complexity index is 291. The molecule has 2 aromatic heterocycles. The fraction of sp³-hybridized carbons (Fsp3) is 0.250. The van der Waals surface area contributed by atoms with E-state index in [1.807, 2.05) is 17.8 Å². The Balaban J connectivity index is 2.27. The zero-order chi connectivity index (χ0) is 8.39. The maximum absolute atomic E-state index is 4.23. The molecule has 0 aliphatic carbocycles. The van der Waals surface area contributed by atoms with Crippen molar-refractivity contribution in [2.45, 2.75) is 12.8 Å². The van der Waals surface area contributed by atoms with Crippen LogP contribution >= 0.6 is 11.3 Å². The fourth-order valence-electron chi connectivity index (χ4n) is 1.08. The Morgan fingerprint density at radius 1 is 1.42 bits per heavy atom. The molecule has 0 saturated carbocycles. The van der Waals surface area contributed by atoms with E-state index in [4.69, 9.17) is 0 Å². The Morgan fingerprint density at radius 2 is 2.33 bits per heavy atom. The molecule has 12 heavy (non-hydrogen) atoms. The minimum atomic E-state index is 0.278. The lowest BCUT2D eigenvalue weighted by atomic mass is 10.2. The predicted molar refractivity (Wildman–Crippen MR) is 48.2 cm³/mol. The lowest BCUT2D eigenvalue weighted by molar-refractivity contribution is 0.829. The van der Waals surface area contributed by atoms with Gasteiger partial charge in [0.25, 0.3) is 0 Å². The molecule has 4 heteroatoms. The summed E-state index contributed by atoms with van der Waals surface area (Å²) in [6.07, 6.45) is 5.42. The van der Waals surface area contributed by atoms with Gasteiger partial charge in [-0.25, -0.2) is 9.97 Å². The number of imidazole rings is 1. The largest absolute Gasteiger partial charge is 0.348 e. The second kappa shape index (κ2) is 3.06. The van der Waals surface area contributed by atoms with E-state index in [0.717, 1.165) is 10.8 Å². The van der Waals surface area contributed by atoms with Crippen LogP contribution in [0.2, 0.25) is 0 Å². The Morgan fingerprint density at radius 3 is 2.92 bits per heavy atom. The predicted octanol–water partition coefficient (Wildman–Crippen LogP) is 2.02. The van der Waals surface area contributed by atoms with Crippen molar-refractivity contribution >= 4 is 11.3 Å². The van der Waals surface area contributed by atoms with Crippen LogP contribution in [-0.2, 0) is 0 Å². The van der Waals surface area contributed by atoms with E-state index in [-0.39, 0.29) is 5.92 Å². The van der Waals surface area contributed by atoms with Crippen LogP contribution in [0.15, 0.2) is 24.0 Å². The number of rotatable bonds is 2. The Labute approximate surface area is 74.5 Å². The highest BCUT2D eigenvalue weighted by atomic mass is 32.1. The Hall–Kier alpha value is -1.16. The molecule has 3 nitrogen and oxygen atoms in total. The van der Waals surface area contributed by atoms with Crippen LogP contribution in [-0.4, -0.2) is 15.0 Å². The number of thiazole rings is 1. The van der Waals surface area contributed by atoms with Crippen molar-refractivity contribution in [2.75, 3.05) is 0 Å². The molecule has 0 fully saturated rings. The van der Waals surface area contributed by atoms with Crippen molar-refractivity contribution in [1.82, 2.24) is 15.0 Å². The normalized spacial score (nSPS) is 13.1. The van der Waals surface area contributed by atoms with Crippen molar-refractivity contribution < 1.29 is 0 Å². The molecule has 2 aromatic rings. The summed E-state index contributed by atoms with van der Waals surface area (Å²) in [6.45, 7) is 2.09. The second-order valence-corrected chi connectivity index (χ2v) is 3.49. The first-order chi connectivity index (χ1) is 5.88. The molecule has 0 aliphatic rings. The number of aromatic amines is 1. The monoisotopic (exact) mass is 179 g/mol. The van der Waals surface area contributed by atoms with Crippen molar-refractivity contribution in [3.05, 3.63) is 34.8 Å².